The third-order valence-corrected chi connectivity index (χ3v) is 4.46. The van der Waals surface area contributed by atoms with E-state index >= 15 is 0 Å². The number of aliphatic imine (C=N–C) groups is 1. The predicted molar refractivity (Wildman–Crippen MR) is 94.1 cm³/mol. The van der Waals surface area contributed by atoms with Crippen LogP contribution in [0, 0.1) is 0 Å². The van der Waals surface area contributed by atoms with Crippen molar-refractivity contribution in [3.63, 3.8) is 0 Å². The number of benzene rings is 2. The topological polar surface area (TPSA) is 95.6 Å². The van der Waals surface area contributed by atoms with E-state index in [0.29, 0.717) is 12.2 Å². The molecule has 24 heavy (non-hydrogen) atoms. The van der Waals surface area contributed by atoms with Crippen LogP contribution in [0.3, 0.4) is 0 Å². The molecule has 1 unspecified atom stereocenters. The Bertz CT molecular complexity index is 964. The molecule has 122 valence electrons. The number of nitrogens with two attached hydrogens (primary N) is 2. The molecule has 2 aromatic carbocycles. The van der Waals surface area contributed by atoms with Gasteiger partial charge in [0.15, 0.2) is 5.96 Å². The van der Waals surface area contributed by atoms with Gasteiger partial charge in [0.1, 0.15) is 0 Å². The average Bonchev–Trinajstić information content (AvgIpc) is 3.18. The molecule has 1 aliphatic rings. The highest BCUT2D eigenvalue weighted by Gasteiger charge is 2.22. The van der Waals surface area contributed by atoms with Crippen molar-refractivity contribution in [3.8, 4) is 0 Å². The molecule has 0 saturated carbocycles. The number of amides is 1. The Kier molecular flexibility index (Phi) is 3.46. The van der Waals surface area contributed by atoms with Crippen LogP contribution in [0.15, 0.2) is 47.5 Å². The summed E-state index contributed by atoms with van der Waals surface area (Å²) in [4.78, 5) is 15.8. The number of guanidine groups is 1. The highest BCUT2D eigenvalue weighted by molar-refractivity contribution is 6.11. The Labute approximate surface area is 138 Å². The molecule has 0 bridgehead atoms. The number of carbonyl (C=O) groups excluding carboxylic acids is 1. The number of fused-ring (bicyclic) bond motifs is 3. The SMILES string of the molecule is NC(N)=NC(=O)c1ccc2c3ccccc3n(C3CCOC3)c2c1. The van der Waals surface area contributed by atoms with Crippen LogP contribution in [0.1, 0.15) is 22.8 Å². The van der Waals surface area contributed by atoms with Crippen molar-refractivity contribution in [2.75, 3.05) is 13.2 Å². The van der Waals surface area contributed by atoms with Gasteiger partial charge in [-0.15, -0.1) is 0 Å². The summed E-state index contributed by atoms with van der Waals surface area (Å²) in [7, 11) is 0. The molecule has 1 aliphatic heterocycles. The molecular weight excluding hydrogens is 304 g/mol. The van der Waals surface area contributed by atoms with Gasteiger partial charge in [-0.25, -0.2) is 0 Å². The lowest BCUT2D eigenvalue weighted by molar-refractivity contribution is 0.100. The molecular formula is C18H18N4O2. The summed E-state index contributed by atoms with van der Waals surface area (Å²) in [6, 6.07) is 14.1. The first kappa shape index (κ1) is 14.7. The van der Waals surface area contributed by atoms with Gasteiger partial charge < -0.3 is 20.8 Å². The van der Waals surface area contributed by atoms with Gasteiger partial charge in [-0.05, 0) is 24.6 Å². The van der Waals surface area contributed by atoms with Crippen LogP contribution in [0.25, 0.3) is 21.8 Å². The molecule has 4 N–H and O–H groups in total. The Balaban J connectivity index is 1.97. The fourth-order valence-electron chi connectivity index (χ4n) is 3.43. The van der Waals surface area contributed by atoms with E-state index in [4.69, 9.17) is 16.2 Å². The summed E-state index contributed by atoms with van der Waals surface area (Å²) in [5.41, 5.74) is 13.3. The Morgan fingerprint density at radius 2 is 1.92 bits per heavy atom. The summed E-state index contributed by atoms with van der Waals surface area (Å²) < 4.78 is 7.83. The number of ether oxygens (including phenoxy) is 1. The van der Waals surface area contributed by atoms with E-state index in [1.807, 2.05) is 24.3 Å². The zero-order chi connectivity index (χ0) is 16.7. The van der Waals surface area contributed by atoms with Gasteiger partial charge in [0.25, 0.3) is 5.91 Å². The molecule has 1 atom stereocenters. The second-order valence-corrected chi connectivity index (χ2v) is 5.98. The summed E-state index contributed by atoms with van der Waals surface area (Å²) in [6.07, 6.45) is 0.958. The van der Waals surface area contributed by atoms with Gasteiger partial charge >= 0.3 is 0 Å². The first-order valence-corrected chi connectivity index (χ1v) is 7.89. The normalized spacial score (nSPS) is 17.4. The van der Waals surface area contributed by atoms with E-state index in [1.165, 1.54) is 5.39 Å². The first-order valence-electron chi connectivity index (χ1n) is 7.89. The molecule has 0 aliphatic carbocycles. The predicted octanol–water partition coefficient (Wildman–Crippen LogP) is 2.17. The monoisotopic (exact) mass is 322 g/mol. The zero-order valence-corrected chi connectivity index (χ0v) is 13.1. The van der Waals surface area contributed by atoms with E-state index in [-0.39, 0.29) is 12.0 Å². The highest BCUT2D eigenvalue weighted by Crippen LogP contribution is 2.35. The van der Waals surface area contributed by atoms with Crippen LogP contribution in [0.5, 0.6) is 0 Å². The van der Waals surface area contributed by atoms with Gasteiger partial charge in [-0.1, -0.05) is 24.3 Å². The van der Waals surface area contributed by atoms with Crippen LogP contribution in [-0.4, -0.2) is 29.6 Å². The fraction of sp³-hybridized carbons (Fsp3) is 0.222. The number of rotatable bonds is 2. The van der Waals surface area contributed by atoms with Gasteiger partial charge in [0.2, 0.25) is 0 Å². The quantitative estimate of drug-likeness (QED) is 0.558. The minimum atomic E-state index is -0.434. The average molecular weight is 322 g/mol. The van der Waals surface area contributed by atoms with Crippen LogP contribution in [0.4, 0.5) is 0 Å². The molecule has 3 aromatic rings. The molecule has 1 fully saturated rings. The van der Waals surface area contributed by atoms with E-state index in [9.17, 15) is 4.79 Å². The number of hydrogen-bond donors (Lipinski definition) is 2. The molecule has 0 spiro atoms. The van der Waals surface area contributed by atoms with Crippen molar-refractivity contribution in [2.45, 2.75) is 12.5 Å². The van der Waals surface area contributed by atoms with E-state index in [0.717, 1.165) is 29.4 Å². The second kappa shape index (κ2) is 5.65. The van der Waals surface area contributed by atoms with E-state index < -0.39 is 5.91 Å². The number of nitrogens with zero attached hydrogens (tertiary/aromatic N) is 2. The minimum absolute atomic E-state index is 0.232. The second-order valence-electron chi connectivity index (χ2n) is 5.98. The highest BCUT2D eigenvalue weighted by atomic mass is 16.5. The summed E-state index contributed by atoms with van der Waals surface area (Å²) in [6.45, 7) is 1.44. The number of carbonyl (C=O) groups is 1. The minimum Gasteiger partial charge on any atom is -0.379 e. The van der Waals surface area contributed by atoms with Gasteiger partial charge in [0, 0.05) is 28.5 Å². The van der Waals surface area contributed by atoms with Gasteiger partial charge in [0.05, 0.1) is 18.2 Å². The number of para-hydroxylation sites is 1. The standard InChI is InChI=1S/C18H18N4O2/c19-18(20)21-17(23)11-5-6-14-13-3-1-2-4-15(13)22(16(14)9-11)12-7-8-24-10-12/h1-6,9,12H,7-8,10H2,(H4,19,20,21,23). The molecule has 0 radical (unpaired) electrons. The molecule has 1 amide bonds. The van der Waals surface area contributed by atoms with Crippen LogP contribution in [0.2, 0.25) is 0 Å². The maximum atomic E-state index is 12.2. The van der Waals surface area contributed by atoms with E-state index in [2.05, 4.69) is 21.7 Å². The van der Waals surface area contributed by atoms with Crippen molar-refractivity contribution in [1.29, 1.82) is 0 Å². The van der Waals surface area contributed by atoms with Crippen molar-refractivity contribution in [3.05, 3.63) is 48.0 Å². The first-order chi connectivity index (χ1) is 11.6. The van der Waals surface area contributed by atoms with Gasteiger partial charge in [-0.2, -0.15) is 4.99 Å². The Morgan fingerprint density at radius 1 is 1.12 bits per heavy atom. The molecule has 6 heteroatoms. The molecule has 1 aromatic heterocycles. The summed E-state index contributed by atoms with van der Waals surface area (Å²) >= 11 is 0. The lowest BCUT2D eigenvalue weighted by atomic mass is 10.1. The smallest absolute Gasteiger partial charge is 0.280 e. The Hall–Kier alpha value is -2.86. The molecule has 6 nitrogen and oxygen atoms in total. The molecule has 4 rings (SSSR count). The largest absolute Gasteiger partial charge is 0.379 e. The maximum Gasteiger partial charge on any atom is 0.280 e. The number of hydrogen-bond acceptors (Lipinski definition) is 2. The fourth-order valence-corrected chi connectivity index (χ4v) is 3.43. The Morgan fingerprint density at radius 3 is 2.67 bits per heavy atom. The maximum absolute atomic E-state index is 12.2. The summed E-state index contributed by atoms with van der Waals surface area (Å²) in [5.74, 6) is -0.666. The number of aromatic nitrogens is 1. The van der Waals surface area contributed by atoms with Gasteiger partial charge in [-0.3, -0.25) is 4.79 Å². The van der Waals surface area contributed by atoms with Crippen LogP contribution in [-0.2, 0) is 4.74 Å². The third kappa shape index (κ3) is 2.32. The zero-order valence-electron chi connectivity index (χ0n) is 13.1. The summed E-state index contributed by atoms with van der Waals surface area (Å²) in [5, 5.41) is 2.28. The van der Waals surface area contributed by atoms with Crippen molar-refractivity contribution in [1.82, 2.24) is 4.57 Å². The lowest BCUT2D eigenvalue weighted by Crippen LogP contribution is -2.24. The van der Waals surface area contributed by atoms with Crippen molar-refractivity contribution >= 4 is 33.7 Å². The molecule has 1 saturated heterocycles. The molecule has 2 heterocycles. The van der Waals surface area contributed by atoms with Crippen molar-refractivity contribution in [2.24, 2.45) is 16.5 Å². The van der Waals surface area contributed by atoms with Crippen molar-refractivity contribution < 1.29 is 9.53 Å². The van der Waals surface area contributed by atoms with Crippen LogP contribution >= 0.6 is 0 Å². The third-order valence-electron chi connectivity index (χ3n) is 4.46. The lowest BCUT2D eigenvalue weighted by Gasteiger charge is -2.14. The van der Waals surface area contributed by atoms with E-state index in [1.54, 1.807) is 6.07 Å². The van der Waals surface area contributed by atoms with Crippen LogP contribution < -0.4 is 11.5 Å².